The molecule has 0 saturated heterocycles. The highest BCUT2D eigenvalue weighted by Crippen LogP contribution is 2.41. The van der Waals surface area contributed by atoms with Gasteiger partial charge in [-0.1, -0.05) is 62.2 Å². The van der Waals surface area contributed by atoms with Gasteiger partial charge in [0.25, 0.3) is 0 Å². The van der Waals surface area contributed by atoms with E-state index in [2.05, 4.69) is 34.6 Å². The molecular formula is C24H31ClN6OS. The summed E-state index contributed by atoms with van der Waals surface area (Å²) in [5, 5.41) is 13.4. The molecule has 1 aromatic carbocycles. The maximum atomic E-state index is 13.3. The van der Waals surface area contributed by atoms with Gasteiger partial charge in [-0.05, 0) is 42.7 Å². The van der Waals surface area contributed by atoms with E-state index in [-0.39, 0.29) is 5.91 Å². The van der Waals surface area contributed by atoms with Crippen molar-refractivity contribution in [2.24, 2.45) is 0 Å². The molecule has 33 heavy (non-hydrogen) atoms. The first-order valence-corrected chi connectivity index (χ1v) is 13.1. The SMILES string of the molecule is CCCNc1nc(SCC)nc2c1cnn2CCNC(=O)C1(c2ccc(Cl)cc2)CCCC1. The molecular weight excluding hydrogens is 456 g/mol. The monoisotopic (exact) mass is 486 g/mol. The summed E-state index contributed by atoms with van der Waals surface area (Å²) in [5.74, 6) is 1.80. The van der Waals surface area contributed by atoms with Crippen molar-refractivity contribution in [3.05, 3.63) is 41.0 Å². The summed E-state index contributed by atoms with van der Waals surface area (Å²) < 4.78 is 1.86. The van der Waals surface area contributed by atoms with Crippen molar-refractivity contribution in [2.45, 2.75) is 63.1 Å². The van der Waals surface area contributed by atoms with Crippen molar-refractivity contribution in [1.82, 2.24) is 25.1 Å². The lowest BCUT2D eigenvalue weighted by atomic mass is 9.78. The second kappa shape index (κ2) is 10.7. The minimum absolute atomic E-state index is 0.0842. The number of aromatic nitrogens is 4. The fraction of sp³-hybridized carbons (Fsp3) is 0.500. The maximum Gasteiger partial charge on any atom is 0.230 e. The highest BCUT2D eigenvalue weighted by Gasteiger charge is 2.42. The van der Waals surface area contributed by atoms with E-state index in [0.717, 1.165) is 72.0 Å². The molecule has 0 spiro atoms. The molecule has 0 unspecified atom stereocenters. The molecule has 9 heteroatoms. The number of fused-ring (bicyclic) bond motifs is 1. The zero-order valence-corrected chi connectivity index (χ0v) is 20.8. The fourth-order valence-electron chi connectivity index (χ4n) is 4.51. The van der Waals surface area contributed by atoms with Gasteiger partial charge in [-0.3, -0.25) is 4.79 Å². The topological polar surface area (TPSA) is 84.7 Å². The Balaban J connectivity index is 1.49. The van der Waals surface area contributed by atoms with Gasteiger partial charge >= 0.3 is 0 Å². The Morgan fingerprint density at radius 1 is 1.15 bits per heavy atom. The summed E-state index contributed by atoms with van der Waals surface area (Å²) in [6.45, 7) is 6.09. The van der Waals surface area contributed by atoms with Crippen LogP contribution in [-0.2, 0) is 16.8 Å². The van der Waals surface area contributed by atoms with Gasteiger partial charge in [0.15, 0.2) is 10.8 Å². The minimum atomic E-state index is -0.471. The third-order valence-electron chi connectivity index (χ3n) is 6.19. The third kappa shape index (κ3) is 5.11. The number of anilines is 1. The molecule has 0 atom stereocenters. The fourth-order valence-corrected chi connectivity index (χ4v) is 5.20. The smallest absolute Gasteiger partial charge is 0.230 e. The third-order valence-corrected chi connectivity index (χ3v) is 7.17. The van der Waals surface area contributed by atoms with Crippen LogP contribution >= 0.6 is 23.4 Å². The number of nitrogens with zero attached hydrogens (tertiary/aromatic N) is 4. The largest absolute Gasteiger partial charge is 0.369 e. The summed E-state index contributed by atoms with van der Waals surface area (Å²) in [4.78, 5) is 22.7. The van der Waals surface area contributed by atoms with Gasteiger partial charge in [-0.15, -0.1) is 0 Å². The molecule has 2 heterocycles. The summed E-state index contributed by atoms with van der Waals surface area (Å²) in [5.41, 5.74) is 1.37. The van der Waals surface area contributed by atoms with Gasteiger partial charge < -0.3 is 10.6 Å². The summed E-state index contributed by atoms with van der Waals surface area (Å²) >= 11 is 7.69. The van der Waals surface area contributed by atoms with Gasteiger partial charge in [0, 0.05) is 18.1 Å². The lowest BCUT2D eigenvalue weighted by molar-refractivity contribution is -0.126. The lowest BCUT2D eigenvalue weighted by Gasteiger charge is -2.28. The van der Waals surface area contributed by atoms with Crippen LogP contribution in [-0.4, -0.2) is 44.5 Å². The molecule has 1 aliphatic rings. The van der Waals surface area contributed by atoms with Crippen LogP contribution < -0.4 is 10.6 Å². The molecule has 176 valence electrons. The Labute approximate surface area is 204 Å². The predicted octanol–water partition coefficient (Wildman–Crippen LogP) is 5.04. The van der Waals surface area contributed by atoms with Crippen molar-refractivity contribution in [1.29, 1.82) is 0 Å². The Bertz CT molecular complexity index is 1090. The molecule has 0 radical (unpaired) electrons. The van der Waals surface area contributed by atoms with Gasteiger partial charge in [0.2, 0.25) is 5.91 Å². The first kappa shape index (κ1) is 23.8. The van der Waals surface area contributed by atoms with Crippen molar-refractivity contribution in [3.8, 4) is 0 Å². The van der Waals surface area contributed by atoms with E-state index in [1.807, 2.05) is 35.1 Å². The van der Waals surface area contributed by atoms with Gasteiger partial charge in [-0.2, -0.15) is 5.10 Å². The second-order valence-corrected chi connectivity index (χ2v) is 10.0. The number of thioether (sulfide) groups is 1. The molecule has 1 fully saturated rings. The van der Waals surface area contributed by atoms with Gasteiger partial charge in [0.1, 0.15) is 5.82 Å². The molecule has 0 aliphatic heterocycles. The Morgan fingerprint density at radius 3 is 2.61 bits per heavy atom. The van der Waals surface area contributed by atoms with E-state index >= 15 is 0 Å². The number of amides is 1. The maximum absolute atomic E-state index is 13.3. The molecule has 1 amide bonds. The van der Waals surface area contributed by atoms with Crippen LogP contribution in [0, 0.1) is 0 Å². The van der Waals surface area contributed by atoms with Crippen LogP contribution in [0.4, 0.5) is 5.82 Å². The first-order valence-electron chi connectivity index (χ1n) is 11.7. The minimum Gasteiger partial charge on any atom is -0.369 e. The quantitative estimate of drug-likeness (QED) is 0.308. The Kier molecular flexibility index (Phi) is 7.75. The molecule has 4 rings (SSSR count). The zero-order valence-electron chi connectivity index (χ0n) is 19.2. The van der Waals surface area contributed by atoms with Crippen molar-refractivity contribution in [2.75, 3.05) is 24.2 Å². The summed E-state index contributed by atoms with van der Waals surface area (Å²) in [7, 11) is 0. The molecule has 1 aliphatic carbocycles. The van der Waals surface area contributed by atoms with Crippen molar-refractivity contribution in [3.63, 3.8) is 0 Å². The first-order chi connectivity index (χ1) is 16.1. The van der Waals surface area contributed by atoms with E-state index < -0.39 is 5.41 Å². The summed E-state index contributed by atoms with van der Waals surface area (Å²) in [6, 6.07) is 7.72. The molecule has 3 aromatic rings. The molecule has 0 bridgehead atoms. The predicted molar refractivity (Wildman–Crippen MR) is 135 cm³/mol. The van der Waals surface area contributed by atoms with E-state index in [1.54, 1.807) is 11.8 Å². The highest BCUT2D eigenvalue weighted by molar-refractivity contribution is 7.99. The molecule has 2 aromatic heterocycles. The molecule has 7 nitrogen and oxygen atoms in total. The Morgan fingerprint density at radius 2 is 1.91 bits per heavy atom. The number of nitrogens with one attached hydrogen (secondary N) is 2. The summed E-state index contributed by atoms with van der Waals surface area (Å²) in [6.07, 6.45) is 6.66. The number of hydrogen-bond donors (Lipinski definition) is 2. The Hall–Kier alpha value is -2.32. The normalized spacial score (nSPS) is 15.1. The van der Waals surface area contributed by atoms with Crippen LogP contribution in [0.2, 0.25) is 5.02 Å². The van der Waals surface area contributed by atoms with Crippen molar-refractivity contribution >= 4 is 46.1 Å². The van der Waals surface area contributed by atoms with Crippen LogP contribution in [0.5, 0.6) is 0 Å². The lowest BCUT2D eigenvalue weighted by Crippen LogP contribution is -2.43. The van der Waals surface area contributed by atoms with E-state index in [4.69, 9.17) is 16.6 Å². The van der Waals surface area contributed by atoms with Crippen LogP contribution in [0.25, 0.3) is 11.0 Å². The average molecular weight is 487 g/mol. The molecule has 2 N–H and O–H groups in total. The van der Waals surface area contributed by atoms with Crippen LogP contribution in [0.1, 0.15) is 51.5 Å². The number of halogens is 1. The number of carbonyl (C=O) groups is 1. The van der Waals surface area contributed by atoms with E-state index in [9.17, 15) is 4.79 Å². The standard InChI is InChI=1S/C24H31ClN6OS/c1-3-13-26-20-19-16-28-31(21(19)30-23(29-20)33-4-2)15-14-27-22(32)24(11-5-6-12-24)17-7-9-18(25)10-8-17/h7-10,16H,3-6,11-15H2,1-2H3,(H,27,32)(H,26,29,30). The average Bonchev–Trinajstić information content (AvgIpc) is 3.47. The van der Waals surface area contributed by atoms with E-state index in [1.165, 1.54) is 0 Å². The highest BCUT2D eigenvalue weighted by atomic mass is 35.5. The van der Waals surface area contributed by atoms with Gasteiger partial charge in [-0.25, -0.2) is 14.6 Å². The van der Waals surface area contributed by atoms with E-state index in [0.29, 0.717) is 18.1 Å². The number of rotatable bonds is 10. The van der Waals surface area contributed by atoms with Crippen LogP contribution in [0.15, 0.2) is 35.6 Å². The van der Waals surface area contributed by atoms with Crippen molar-refractivity contribution < 1.29 is 4.79 Å². The van der Waals surface area contributed by atoms with Crippen LogP contribution in [0.3, 0.4) is 0 Å². The number of carbonyl (C=O) groups excluding carboxylic acids is 1. The van der Waals surface area contributed by atoms with Gasteiger partial charge in [0.05, 0.1) is 23.5 Å². The zero-order chi connectivity index (χ0) is 23.3. The second-order valence-electron chi connectivity index (χ2n) is 8.37. The number of benzene rings is 1. The number of hydrogen-bond acceptors (Lipinski definition) is 6. The molecule has 1 saturated carbocycles.